The van der Waals surface area contributed by atoms with Gasteiger partial charge in [-0.15, -0.1) is 0 Å². The van der Waals surface area contributed by atoms with Crippen LogP contribution in [0.2, 0.25) is 0 Å². The lowest BCUT2D eigenvalue weighted by atomic mass is 9.87. The second kappa shape index (κ2) is 6.45. The number of ether oxygens (including phenoxy) is 2. The van der Waals surface area contributed by atoms with Gasteiger partial charge in [0, 0.05) is 12.6 Å². The smallest absolute Gasteiger partial charge is 0.228 e. The van der Waals surface area contributed by atoms with Gasteiger partial charge in [-0.2, -0.15) is 0 Å². The summed E-state index contributed by atoms with van der Waals surface area (Å²) in [5.74, 6) is 0.343. The first-order chi connectivity index (χ1) is 12.9. The summed E-state index contributed by atoms with van der Waals surface area (Å²) < 4.78 is 11.8. The van der Waals surface area contributed by atoms with Crippen molar-refractivity contribution >= 4 is 11.8 Å². The number of carbonyl (C=O) groups excluding carboxylic acids is 2. The first-order valence-corrected chi connectivity index (χ1v) is 10.8. The Kier molecular flexibility index (Phi) is 4.28. The number of nitrogens with one attached hydrogen (secondary N) is 1. The molecule has 4 heterocycles. The van der Waals surface area contributed by atoms with E-state index in [4.69, 9.17) is 9.47 Å². The monoisotopic (exact) mass is 376 g/mol. The summed E-state index contributed by atoms with van der Waals surface area (Å²) in [6.45, 7) is 4.66. The van der Waals surface area contributed by atoms with Crippen LogP contribution in [0.3, 0.4) is 0 Å². The maximum Gasteiger partial charge on any atom is 0.228 e. The average molecular weight is 376 g/mol. The summed E-state index contributed by atoms with van der Waals surface area (Å²) in [6.07, 6.45) is 8.87. The molecule has 27 heavy (non-hydrogen) atoms. The molecule has 0 aromatic rings. The molecular formula is C21H32N2O4. The third-order valence-corrected chi connectivity index (χ3v) is 7.16. The predicted octanol–water partition coefficient (Wildman–Crippen LogP) is 2.01. The molecule has 1 aliphatic carbocycles. The van der Waals surface area contributed by atoms with Gasteiger partial charge in [-0.25, -0.2) is 0 Å². The molecule has 1 N–H and O–H groups in total. The molecule has 5 aliphatic rings. The van der Waals surface area contributed by atoms with Crippen molar-refractivity contribution in [3.05, 3.63) is 0 Å². The summed E-state index contributed by atoms with van der Waals surface area (Å²) in [4.78, 5) is 28.1. The second-order valence-corrected chi connectivity index (χ2v) is 10.0. The van der Waals surface area contributed by atoms with E-state index in [1.165, 1.54) is 0 Å². The topological polar surface area (TPSA) is 67.9 Å². The summed E-state index contributed by atoms with van der Waals surface area (Å²) in [5.41, 5.74) is -0.435. The Morgan fingerprint density at radius 1 is 0.926 bits per heavy atom. The van der Waals surface area contributed by atoms with Gasteiger partial charge in [0.15, 0.2) is 0 Å². The van der Waals surface area contributed by atoms with E-state index in [2.05, 4.69) is 5.32 Å². The van der Waals surface area contributed by atoms with E-state index in [-0.39, 0.29) is 48.1 Å². The van der Waals surface area contributed by atoms with Crippen molar-refractivity contribution in [2.45, 2.75) is 101 Å². The van der Waals surface area contributed by atoms with Gasteiger partial charge in [0.1, 0.15) is 0 Å². The predicted molar refractivity (Wildman–Crippen MR) is 99.0 cm³/mol. The number of amides is 2. The Labute approximate surface area is 161 Å². The van der Waals surface area contributed by atoms with E-state index >= 15 is 0 Å². The Morgan fingerprint density at radius 2 is 1.52 bits per heavy atom. The van der Waals surface area contributed by atoms with Gasteiger partial charge in [-0.1, -0.05) is 0 Å². The third kappa shape index (κ3) is 3.39. The van der Waals surface area contributed by atoms with Crippen molar-refractivity contribution < 1.29 is 19.1 Å². The van der Waals surface area contributed by atoms with E-state index in [0.717, 1.165) is 51.4 Å². The summed E-state index contributed by atoms with van der Waals surface area (Å²) >= 11 is 0. The minimum absolute atomic E-state index is 0.0212. The van der Waals surface area contributed by atoms with Crippen LogP contribution in [0.25, 0.3) is 0 Å². The van der Waals surface area contributed by atoms with Gasteiger partial charge >= 0.3 is 0 Å². The molecule has 2 amide bonds. The summed E-state index contributed by atoms with van der Waals surface area (Å²) in [7, 11) is 0. The Balaban J connectivity index is 1.22. The minimum atomic E-state index is -0.435. The van der Waals surface area contributed by atoms with Crippen LogP contribution in [0.5, 0.6) is 0 Å². The minimum Gasteiger partial charge on any atom is -0.374 e. The molecule has 0 unspecified atom stereocenters. The number of hydrogen-bond donors (Lipinski definition) is 1. The highest BCUT2D eigenvalue weighted by Crippen LogP contribution is 2.42. The highest BCUT2D eigenvalue weighted by molar-refractivity contribution is 5.82. The van der Waals surface area contributed by atoms with Crippen molar-refractivity contribution in [2.75, 3.05) is 6.54 Å². The van der Waals surface area contributed by atoms with Crippen LogP contribution >= 0.6 is 0 Å². The molecule has 4 bridgehead atoms. The molecule has 6 nitrogen and oxygen atoms in total. The average Bonchev–Trinajstić information content (AvgIpc) is 3.03. The zero-order chi connectivity index (χ0) is 18.8. The van der Waals surface area contributed by atoms with E-state index in [0.29, 0.717) is 12.6 Å². The van der Waals surface area contributed by atoms with Gasteiger partial charge in [0.25, 0.3) is 0 Å². The molecule has 6 heteroatoms. The maximum absolute atomic E-state index is 13.3. The molecule has 0 radical (unpaired) electrons. The van der Waals surface area contributed by atoms with Gasteiger partial charge in [-0.05, 0) is 65.2 Å². The highest BCUT2D eigenvalue weighted by atomic mass is 16.5. The molecule has 6 atom stereocenters. The Morgan fingerprint density at radius 3 is 2.00 bits per heavy atom. The molecule has 5 fully saturated rings. The van der Waals surface area contributed by atoms with Crippen LogP contribution < -0.4 is 5.32 Å². The number of nitrogens with zero attached hydrogens (tertiary/aromatic N) is 1. The molecule has 0 aromatic carbocycles. The van der Waals surface area contributed by atoms with E-state index in [9.17, 15) is 9.59 Å². The van der Waals surface area contributed by atoms with Crippen molar-refractivity contribution in [1.29, 1.82) is 0 Å². The SMILES string of the molecule is CC(C)(CN(C(=O)[C@H]1C[C@H]2CC[C@H]1O2)C1CC1)NC(=O)[C@H]1C[C@H]2CC[C@H]1O2. The van der Waals surface area contributed by atoms with Crippen LogP contribution in [-0.4, -0.2) is 59.3 Å². The van der Waals surface area contributed by atoms with Gasteiger partial charge in [0.2, 0.25) is 11.8 Å². The normalized spacial score (nSPS) is 39.8. The lowest BCUT2D eigenvalue weighted by molar-refractivity contribution is -0.140. The van der Waals surface area contributed by atoms with E-state index < -0.39 is 5.54 Å². The second-order valence-electron chi connectivity index (χ2n) is 10.0. The first-order valence-electron chi connectivity index (χ1n) is 10.8. The molecule has 5 rings (SSSR count). The van der Waals surface area contributed by atoms with E-state index in [1.807, 2.05) is 18.7 Å². The molecule has 150 valence electrons. The Hall–Kier alpha value is -1.14. The zero-order valence-corrected chi connectivity index (χ0v) is 16.5. The lowest BCUT2D eigenvalue weighted by Gasteiger charge is -2.37. The molecule has 4 aliphatic heterocycles. The molecular weight excluding hydrogens is 344 g/mol. The molecule has 0 aromatic heterocycles. The standard InChI is InChI=1S/C21H32N2O4/c1-21(2,22-19(24)15-9-13-5-7-17(15)26-13)11-23(12-3-4-12)20(25)16-10-14-6-8-18(16)27-14/h12-18H,3-11H2,1-2H3,(H,22,24)/t13-,14-,15+,16+,17-,18-/m1/s1. The summed E-state index contributed by atoms with van der Waals surface area (Å²) in [5, 5.41) is 3.23. The summed E-state index contributed by atoms with van der Waals surface area (Å²) in [6, 6.07) is 0.346. The van der Waals surface area contributed by atoms with Crippen molar-refractivity contribution in [1.82, 2.24) is 10.2 Å². The fraction of sp³-hybridized carbons (Fsp3) is 0.905. The Bertz CT molecular complexity index is 632. The van der Waals surface area contributed by atoms with Gasteiger partial charge in [-0.3, -0.25) is 9.59 Å². The van der Waals surface area contributed by atoms with Crippen LogP contribution in [0.4, 0.5) is 0 Å². The van der Waals surface area contributed by atoms with Crippen molar-refractivity contribution in [3.63, 3.8) is 0 Å². The van der Waals surface area contributed by atoms with Crippen molar-refractivity contribution in [3.8, 4) is 0 Å². The van der Waals surface area contributed by atoms with E-state index in [1.54, 1.807) is 0 Å². The molecule has 4 saturated heterocycles. The van der Waals surface area contributed by atoms with Crippen LogP contribution in [0.15, 0.2) is 0 Å². The number of carbonyl (C=O) groups is 2. The number of rotatable bonds is 6. The third-order valence-electron chi connectivity index (χ3n) is 7.16. The van der Waals surface area contributed by atoms with Gasteiger partial charge < -0.3 is 19.7 Å². The van der Waals surface area contributed by atoms with Crippen LogP contribution in [0.1, 0.15) is 65.2 Å². The zero-order valence-electron chi connectivity index (χ0n) is 16.5. The van der Waals surface area contributed by atoms with Crippen LogP contribution in [-0.2, 0) is 19.1 Å². The quantitative estimate of drug-likeness (QED) is 0.770. The number of hydrogen-bond acceptors (Lipinski definition) is 4. The lowest BCUT2D eigenvalue weighted by Crippen LogP contribution is -2.56. The fourth-order valence-electron chi connectivity index (χ4n) is 5.69. The highest BCUT2D eigenvalue weighted by Gasteiger charge is 2.49. The fourth-order valence-corrected chi connectivity index (χ4v) is 5.69. The molecule has 0 spiro atoms. The number of fused-ring (bicyclic) bond motifs is 4. The first kappa shape index (κ1) is 17.9. The van der Waals surface area contributed by atoms with Crippen LogP contribution in [0, 0.1) is 11.8 Å². The maximum atomic E-state index is 13.3. The molecule has 1 saturated carbocycles. The van der Waals surface area contributed by atoms with Gasteiger partial charge in [0.05, 0.1) is 41.8 Å². The van der Waals surface area contributed by atoms with Crippen molar-refractivity contribution in [2.24, 2.45) is 11.8 Å². The largest absolute Gasteiger partial charge is 0.374 e.